The topological polar surface area (TPSA) is 29.1 Å². The highest BCUT2D eigenvalue weighted by Gasteiger charge is 1.93. The molecule has 0 saturated heterocycles. The first-order chi connectivity index (χ1) is 6.81. The Morgan fingerprint density at radius 3 is 2.50 bits per heavy atom. The van der Waals surface area contributed by atoms with Gasteiger partial charge in [0.05, 0.1) is 0 Å². The van der Waals surface area contributed by atoms with Gasteiger partial charge in [0.1, 0.15) is 0 Å². The molecule has 14 heavy (non-hydrogen) atoms. The van der Waals surface area contributed by atoms with E-state index in [1.165, 1.54) is 32.1 Å². The van der Waals surface area contributed by atoms with Crippen molar-refractivity contribution in [2.24, 2.45) is 0 Å². The van der Waals surface area contributed by atoms with Crippen LogP contribution in [0.5, 0.6) is 0 Å². The number of carbonyl (C=O) groups excluding carboxylic acids is 1. The van der Waals surface area contributed by atoms with E-state index in [9.17, 15) is 4.79 Å². The van der Waals surface area contributed by atoms with Gasteiger partial charge in [-0.25, -0.2) is 0 Å². The molecule has 0 aromatic carbocycles. The molecule has 0 fully saturated rings. The third-order valence-corrected chi connectivity index (χ3v) is 2.25. The van der Waals surface area contributed by atoms with Crippen LogP contribution in [-0.2, 0) is 4.79 Å². The zero-order chi connectivity index (χ0) is 10.6. The van der Waals surface area contributed by atoms with Crippen molar-refractivity contribution in [3.63, 3.8) is 0 Å². The molecular formula is C11H18INO. The van der Waals surface area contributed by atoms with Gasteiger partial charge in [0.25, 0.3) is 5.91 Å². The van der Waals surface area contributed by atoms with Crippen LogP contribution in [0, 0.1) is 9.85 Å². The van der Waals surface area contributed by atoms with Crippen molar-refractivity contribution in [3.8, 4) is 9.85 Å². The predicted octanol–water partition coefficient (Wildman–Crippen LogP) is 2.86. The number of carbonyl (C=O) groups is 1. The van der Waals surface area contributed by atoms with Gasteiger partial charge in [0, 0.05) is 35.1 Å². The maximum absolute atomic E-state index is 10.9. The molecule has 0 aliphatic rings. The SMILES string of the molecule is CCCCCCCCNC(=O)C#CI. The van der Waals surface area contributed by atoms with Crippen LogP contribution in [0.4, 0.5) is 0 Å². The van der Waals surface area contributed by atoms with E-state index in [0.29, 0.717) is 0 Å². The third kappa shape index (κ3) is 9.85. The van der Waals surface area contributed by atoms with E-state index in [-0.39, 0.29) is 5.91 Å². The predicted molar refractivity (Wildman–Crippen MR) is 68.2 cm³/mol. The van der Waals surface area contributed by atoms with Gasteiger partial charge in [0.2, 0.25) is 0 Å². The summed E-state index contributed by atoms with van der Waals surface area (Å²) < 4.78 is 2.54. The van der Waals surface area contributed by atoms with Crippen LogP contribution in [0.3, 0.4) is 0 Å². The smallest absolute Gasteiger partial charge is 0.296 e. The molecule has 0 aliphatic carbocycles. The second-order valence-corrected chi connectivity index (χ2v) is 3.78. The van der Waals surface area contributed by atoms with E-state index in [0.717, 1.165) is 13.0 Å². The van der Waals surface area contributed by atoms with E-state index < -0.39 is 0 Å². The second kappa shape index (κ2) is 10.8. The van der Waals surface area contributed by atoms with Crippen molar-refractivity contribution in [1.82, 2.24) is 5.32 Å². The normalized spacial score (nSPS) is 9.00. The summed E-state index contributed by atoms with van der Waals surface area (Å²) in [4.78, 5) is 10.9. The Morgan fingerprint density at radius 1 is 1.21 bits per heavy atom. The molecule has 0 spiro atoms. The van der Waals surface area contributed by atoms with E-state index in [1.54, 1.807) is 0 Å². The highest BCUT2D eigenvalue weighted by atomic mass is 127. The van der Waals surface area contributed by atoms with Gasteiger partial charge in [-0.1, -0.05) is 39.0 Å². The molecule has 0 heterocycles. The fourth-order valence-electron chi connectivity index (χ4n) is 1.19. The summed E-state index contributed by atoms with van der Waals surface area (Å²) in [6.07, 6.45) is 7.48. The minimum Gasteiger partial charge on any atom is -0.345 e. The van der Waals surface area contributed by atoms with Crippen molar-refractivity contribution in [1.29, 1.82) is 0 Å². The summed E-state index contributed by atoms with van der Waals surface area (Å²) in [5, 5.41) is 2.76. The summed E-state index contributed by atoms with van der Waals surface area (Å²) in [7, 11) is 0. The first kappa shape index (κ1) is 13.8. The summed E-state index contributed by atoms with van der Waals surface area (Å²) >= 11 is 1.86. The Morgan fingerprint density at radius 2 is 1.86 bits per heavy atom. The fourth-order valence-corrected chi connectivity index (χ4v) is 1.44. The van der Waals surface area contributed by atoms with E-state index in [2.05, 4.69) is 22.1 Å². The number of nitrogens with one attached hydrogen (secondary N) is 1. The summed E-state index contributed by atoms with van der Waals surface area (Å²) in [5.74, 6) is 2.28. The number of hydrogen-bond acceptors (Lipinski definition) is 1. The average molecular weight is 307 g/mol. The summed E-state index contributed by atoms with van der Waals surface area (Å²) in [6, 6.07) is 0. The molecule has 2 nitrogen and oxygen atoms in total. The number of amides is 1. The van der Waals surface area contributed by atoms with Crippen LogP contribution in [0.1, 0.15) is 45.4 Å². The van der Waals surface area contributed by atoms with Crippen molar-refractivity contribution < 1.29 is 4.79 Å². The van der Waals surface area contributed by atoms with Gasteiger partial charge in [-0.15, -0.1) is 0 Å². The third-order valence-electron chi connectivity index (χ3n) is 1.98. The van der Waals surface area contributed by atoms with Crippen molar-refractivity contribution in [3.05, 3.63) is 0 Å². The fraction of sp³-hybridized carbons (Fsp3) is 0.727. The molecule has 0 bridgehead atoms. The number of hydrogen-bond donors (Lipinski definition) is 1. The van der Waals surface area contributed by atoms with E-state index in [1.807, 2.05) is 22.6 Å². The minimum atomic E-state index is -0.159. The lowest BCUT2D eigenvalue weighted by Crippen LogP contribution is -2.22. The minimum absolute atomic E-state index is 0.159. The molecular weight excluding hydrogens is 289 g/mol. The standard InChI is InChI=1S/C11H18INO/c1-2-3-4-5-6-7-10-13-11(14)8-9-12/h2-7,10H2,1H3,(H,13,14). The van der Waals surface area contributed by atoms with E-state index in [4.69, 9.17) is 0 Å². The molecule has 0 aromatic rings. The molecule has 1 N–H and O–H groups in total. The molecule has 0 rings (SSSR count). The van der Waals surface area contributed by atoms with Gasteiger partial charge < -0.3 is 5.32 Å². The average Bonchev–Trinajstić information content (AvgIpc) is 2.17. The van der Waals surface area contributed by atoms with Crippen LogP contribution in [0.15, 0.2) is 0 Å². The number of unbranched alkanes of at least 4 members (excludes halogenated alkanes) is 5. The molecule has 0 radical (unpaired) electrons. The maximum Gasteiger partial charge on any atom is 0.296 e. The highest BCUT2D eigenvalue weighted by molar-refractivity contribution is 14.1. The lowest BCUT2D eigenvalue weighted by Gasteiger charge is -2.00. The molecule has 0 aliphatic heterocycles. The van der Waals surface area contributed by atoms with Crippen molar-refractivity contribution in [2.45, 2.75) is 45.4 Å². The van der Waals surface area contributed by atoms with Gasteiger partial charge in [0.15, 0.2) is 0 Å². The maximum atomic E-state index is 10.9. The number of halogens is 1. The van der Waals surface area contributed by atoms with Crippen molar-refractivity contribution >= 4 is 28.5 Å². The second-order valence-electron chi connectivity index (χ2n) is 3.24. The Labute approximate surface area is 100 Å². The van der Waals surface area contributed by atoms with Crippen LogP contribution >= 0.6 is 22.6 Å². The molecule has 0 saturated carbocycles. The first-order valence-corrected chi connectivity index (χ1v) is 6.28. The molecule has 0 unspecified atom stereocenters. The number of rotatable bonds is 7. The van der Waals surface area contributed by atoms with Crippen LogP contribution in [0.2, 0.25) is 0 Å². The first-order valence-electron chi connectivity index (χ1n) is 5.20. The molecule has 1 amide bonds. The largest absolute Gasteiger partial charge is 0.345 e. The van der Waals surface area contributed by atoms with E-state index >= 15 is 0 Å². The zero-order valence-electron chi connectivity index (χ0n) is 8.74. The van der Waals surface area contributed by atoms with Gasteiger partial charge in [-0.2, -0.15) is 0 Å². The monoisotopic (exact) mass is 307 g/mol. The Kier molecular flexibility index (Phi) is 10.7. The summed E-state index contributed by atoms with van der Waals surface area (Å²) in [6.45, 7) is 2.97. The van der Waals surface area contributed by atoms with Gasteiger partial charge in [-0.05, 0) is 10.3 Å². The van der Waals surface area contributed by atoms with Crippen molar-refractivity contribution in [2.75, 3.05) is 6.54 Å². The lowest BCUT2D eigenvalue weighted by molar-refractivity contribution is -0.115. The highest BCUT2D eigenvalue weighted by Crippen LogP contribution is 2.03. The Balaban J connectivity index is 3.12. The molecule has 0 atom stereocenters. The Hall–Kier alpha value is -0.240. The molecule has 0 aromatic heterocycles. The quantitative estimate of drug-likeness (QED) is 0.437. The Bertz CT molecular complexity index is 205. The lowest BCUT2D eigenvalue weighted by atomic mass is 10.1. The zero-order valence-corrected chi connectivity index (χ0v) is 10.9. The van der Waals surface area contributed by atoms with Gasteiger partial charge in [-0.3, -0.25) is 4.79 Å². The molecule has 80 valence electrons. The van der Waals surface area contributed by atoms with Crippen LogP contribution in [-0.4, -0.2) is 12.5 Å². The summed E-state index contributed by atoms with van der Waals surface area (Å²) in [5.41, 5.74) is 0. The van der Waals surface area contributed by atoms with Crippen LogP contribution in [0.25, 0.3) is 0 Å². The van der Waals surface area contributed by atoms with Crippen LogP contribution < -0.4 is 5.32 Å². The molecule has 3 heteroatoms. The van der Waals surface area contributed by atoms with Gasteiger partial charge >= 0.3 is 0 Å².